The predicted molar refractivity (Wildman–Crippen MR) is 53.5 cm³/mol. The van der Waals surface area contributed by atoms with Crippen molar-refractivity contribution in [2.45, 2.75) is 26.3 Å². The van der Waals surface area contributed by atoms with E-state index in [4.69, 9.17) is 5.73 Å². The molecule has 3 heteroatoms. The molecule has 0 unspecified atom stereocenters. The largest absolute Gasteiger partial charge is 0.323 e. The summed E-state index contributed by atoms with van der Waals surface area (Å²) < 4.78 is 0. The van der Waals surface area contributed by atoms with E-state index in [2.05, 4.69) is 26.0 Å². The van der Waals surface area contributed by atoms with Gasteiger partial charge in [-0.2, -0.15) is 0 Å². The van der Waals surface area contributed by atoms with Gasteiger partial charge in [-0.15, -0.1) is 23.7 Å². The lowest BCUT2D eigenvalue weighted by Crippen LogP contribution is -2.05. The van der Waals surface area contributed by atoms with Crippen molar-refractivity contribution in [2.75, 3.05) is 0 Å². The molecular formula is C8H14ClNS. The van der Waals surface area contributed by atoms with Crippen LogP contribution in [0.5, 0.6) is 0 Å². The molecule has 1 nitrogen and oxygen atoms in total. The Morgan fingerprint density at radius 2 is 2.18 bits per heavy atom. The number of hydrogen-bond acceptors (Lipinski definition) is 2. The Morgan fingerprint density at radius 1 is 1.55 bits per heavy atom. The third-order valence-corrected chi connectivity index (χ3v) is 2.70. The van der Waals surface area contributed by atoms with Crippen molar-refractivity contribution in [3.63, 3.8) is 0 Å². The summed E-state index contributed by atoms with van der Waals surface area (Å²) in [5, 5.41) is 0. The van der Waals surface area contributed by atoms with Crippen molar-refractivity contribution in [1.82, 2.24) is 0 Å². The minimum absolute atomic E-state index is 0. The van der Waals surface area contributed by atoms with Gasteiger partial charge in [-0.05, 0) is 25.5 Å². The van der Waals surface area contributed by atoms with Gasteiger partial charge in [-0.25, -0.2) is 0 Å². The number of rotatable bonds is 2. The first kappa shape index (κ1) is 11.0. The van der Waals surface area contributed by atoms with E-state index < -0.39 is 0 Å². The monoisotopic (exact) mass is 191 g/mol. The van der Waals surface area contributed by atoms with Crippen LogP contribution in [0.2, 0.25) is 0 Å². The first-order valence-corrected chi connectivity index (χ1v) is 4.37. The summed E-state index contributed by atoms with van der Waals surface area (Å²) in [6.45, 7) is 4.22. The standard InChI is InChI=1S/C8H13NS.ClH/c1-3-7(9)8-5-4-6(2)10-8;/h4-5,7H,3,9H2,1-2H3;1H/t7-;/m1./s1. The van der Waals surface area contributed by atoms with Crippen LogP contribution in [0.15, 0.2) is 12.1 Å². The van der Waals surface area contributed by atoms with Gasteiger partial charge < -0.3 is 5.73 Å². The highest BCUT2D eigenvalue weighted by molar-refractivity contribution is 7.12. The second-order valence-electron chi connectivity index (χ2n) is 2.46. The predicted octanol–water partition coefficient (Wildman–Crippen LogP) is 2.89. The van der Waals surface area contributed by atoms with Gasteiger partial charge in [0.15, 0.2) is 0 Å². The molecule has 1 heterocycles. The number of hydrogen-bond donors (Lipinski definition) is 1. The summed E-state index contributed by atoms with van der Waals surface area (Å²) in [6, 6.07) is 4.49. The van der Waals surface area contributed by atoms with E-state index in [-0.39, 0.29) is 18.4 Å². The fourth-order valence-corrected chi connectivity index (χ4v) is 1.82. The highest BCUT2D eigenvalue weighted by Gasteiger charge is 2.03. The van der Waals surface area contributed by atoms with Crippen LogP contribution in [0.1, 0.15) is 29.1 Å². The topological polar surface area (TPSA) is 26.0 Å². The van der Waals surface area contributed by atoms with E-state index in [9.17, 15) is 0 Å². The molecule has 0 aliphatic heterocycles. The minimum Gasteiger partial charge on any atom is -0.323 e. The molecule has 1 aromatic heterocycles. The molecule has 0 saturated heterocycles. The summed E-state index contributed by atoms with van der Waals surface area (Å²) in [7, 11) is 0. The van der Waals surface area contributed by atoms with Gasteiger partial charge in [0.2, 0.25) is 0 Å². The normalized spacial score (nSPS) is 12.3. The van der Waals surface area contributed by atoms with E-state index in [1.807, 2.05) is 0 Å². The van der Waals surface area contributed by atoms with Gasteiger partial charge in [0.1, 0.15) is 0 Å². The smallest absolute Gasteiger partial charge is 0.0387 e. The molecule has 2 N–H and O–H groups in total. The Hall–Kier alpha value is -0.0500. The summed E-state index contributed by atoms with van der Waals surface area (Å²) >= 11 is 1.80. The van der Waals surface area contributed by atoms with Gasteiger partial charge in [0, 0.05) is 15.8 Å². The SMILES string of the molecule is CC[C@@H](N)c1ccc(C)s1.Cl. The van der Waals surface area contributed by atoms with Crippen molar-refractivity contribution in [3.8, 4) is 0 Å². The average Bonchev–Trinajstić information content (AvgIpc) is 2.34. The van der Waals surface area contributed by atoms with Gasteiger partial charge in [0.25, 0.3) is 0 Å². The summed E-state index contributed by atoms with van der Waals surface area (Å²) in [5.74, 6) is 0. The van der Waals surface area contributed by atoms with Gasteiger partial charge in [0.05, 0.1) is 0 Å². The fraction of sp³-hybridized carbons (Fsp3) is 0.500. The maximum Gasteiger partial charge on any atom is 0.0387 e. The second kappa shape index (κ2) is 4.75. The van der Waals surface area contributed by atoms with Gasteiger partial charge in [-0.1, -0.05) is 6.92 Å². The van der Waals surface area contributed by atoms with Crippen molar-refractivity contribution in [3.05, 3.63) is 21.9 Å². The second-order valence-corrected chi connectivity index (χ2v) is 3.78. The molecule has 0 bridgehead atoms. The number of thiophene rings is 1. The lowest BCUT2D eigenvalue weighted by Gasteiger charge is -2.03. The van der Waals surface area contributed by atoms with Crippen molar-refractivity contribution in [2.24, 2.45) is 5.73 Å². The molecule has 0 aliphatic rings. The molecule has 0 amide bonds. The summed E-state index contributed by atoms with van der Waals surface area (Å²) in [5.41, 5.74) is 5.82. The van der Waals surface area contributed by atoms with Crippen molar-refractivity contribution >= 4 is 23.7 Å². The molecule has 11 heavy (non-hydrogen) atoms. The summed E-state index contributed by atoms with van der Waals surface area (Å²) in [4.78, 5) is 2.65. The average molecular weight is 192 g/mol. The van der Waals surface area contributed by atoms with Crippen LogP contribution in [0.4, 0.5) is 0 Å². The van der Waals surface area contributed by atoms with E-state index in [0.29, 0.717) is 0 Å². The summed E-state index contributed by atoms with van der Waals surface area (Å²) in [6.07, 6.45) is 1.03. The van der Waals surface area contributed by atoms with Gasteiger partial charge in [-0.3, -0.25) is 0 Å². The third-order valence-electron chi connectivity index (χ3n) is 1.57. The first-order chi connectivity index (χ1) is 4.74. The maximum absolute atomic E-state index is 5.82. The molecule has 1 aromatic rings. The Labute approximate surface area is 78.0 Å². The van der Waals surface area contributed by atoms with Crippen LogP contribution in [0, 0.1) is 6.92 Å². The Balaban J connectivity index is 0.000001000. The van der Waals surface area contributed by atoms with Crippen LogP contribution < -0.4 is 5.73 Å². The van der Waals surface area contributed by atoms with Crippen molar-refractivity contribution < 1.29 is 0 Å². The molecule has 0 fully saturated rings. The number of halogens is 1. The first-order valence-electron chi connectivity index (χ1n) is 3.56. The van der Waals surface area contributed by atoms with Crippen LogP contribution in [-0.4, -0.2) is 0 Å². The molecule has 0 saturated carbocycles. The van der Waals surface area contributed by atoms with Crippen LogP contribution >= 0.6 is 23.7 Å². The fourth-order valence-electron chi connectivity index (χ4n) is 0.854. The van der Waals surface area contributed by atoms with E-state index in [0.717, 1.165) is 6.42 Å². The Bertz CT molecular complexity index is 210. The molecule has 64 valence electrons. The van der Waals surface area contributed by atoms with E-state index in [1.165, 1.54) is 9.75 Å². The van der Waals surface area contributed by atoms with Crippen LogP contribution in [-0.2, 0) is 0 Å². The molecule has 0 aromatic carbocycles. The molecule has 0 aliphatic carbocycles. The van der Waals surface area contributed by atoms with Crippen LogP contribution in [0.3, 0.4) is 0 Å². The van der Waals surface area contributed by atoms with Crippen molar-refractivity contribution in [1.29, 1.82) is 0 Å². The maximum atomic E-state index is 5.82. The zero-order valence-corrected chi connectivity index (χ0v) is 8.47. The highest BCUT2D eigenvalue weighted by atomic mass is 35.5. The lowest BCUT2D eigenvalue weighted by atomic mass is 10.2. The van der Waals surface area contributed by atoms with E-state index in [1.54, 1.807) is 11.3 Å². The number of aryl methyl sites for hydroxylation is 1. The Morgan fingerprint density at radius 3 is 2.55 bits per heavy atom. The zero-order valence-electron chi connectivity index (χ0n) is 6.83. The molecular weight excluding hydrogens is 178 g/mol. The minimum atomic E-state index is 0. The lowest BCUT2D eigenvalue weighted by molar-refractivity contribution is 0.712. The molecule has 1 rings (SSSR count). The molecule has 1 atom stereocenters. The zero-order chi connectivity index (χ0) is 7.56. The quantitative estimate of drug-likeness (QED) is 0.765. The Kier molecular flexibility index (Phi) is 4.73. The van der Waals surface area contributed by atoms with E-state index >= 15 is 0 Å². The molecule has 0 spiro atoms. The van der Waals surface area contributed by atoms with Gasteiger partial charge >= 0.3 is 0 Å². The third kappa shape index (κ3) is 2.81. The molecule has 0 radical (unpaired) electrons. The number of nitrogens with two attached hydrogens (primary N) is 1. The highest BCUT2D eigenvalue weighted by Crippen LogP contribution is 2.22. The van der Waals surface area contributed by atoms with Crippen LogP contribution in [0.25, 0.3) is 0 Å².